The summed E-state index contributed by atoms with van der Waals surface area (Å²) in [6.45, 7) is 5.33. The second kappa shape index (κ2) is 8.43. The van der Waals surface area contributed by atoms with Crippen LogP contribution in [-0.4, -0.2) is 54.0 Å². The Balaban J connectivity index is 1.29. The molecule has 1 aliphatic heterocycles. The second-order valence-electron chi connectivity index (χ2n) is 8.44. The predicted octanol–water partition coefficient (Wildman–Crippen LogP) is 3.52. The summed E-state index contributed by atoms with van der Waals surface area (Å²) in [4.78, 5) is 23.7. The first-order valence-corrected chi connectivity index (χ1v) is 11.0. The molecule has 0 aromatic carbocycles. The molecule has 0 saturated carbocycles. The molecular formula is C22H22ClN7O3. The quantitative estimate of drug-likeness (QED) is 0.437. The second-order valence-corrected chi connectivity index (χ2v) is 8.88. The number of aryl methyl sites for hydroxylation is 1. The SMILES string of the molecule is Cc1onc(C(=O)N2CCC(C)(c3noc(-c4cccnc4)n3)CC2)c1Cn1cc(Cl)cn1. The summed E-state index contributed by atoms with van der Waals surface area (Å²) in [5, 5.41) is 13.0. The molecule has 1 amide bonds. The van der Waals surface area contributed by atoms with Gasteiger partial charge in [-0.25, -0.2) is 0 Å². The fourth-order valence-electron chi connectivity index (χ4n) is 3.98. The van der Waals surface area contributed by atoms with Gasteiger partial charge >= 0.3 is 0 Å². The number of halogens is 1. The zero-order valence-corrected chi connectivity index (χ0v) is 19.0. The van der Waals surface area contributed by atoms with Gasteiger partial charge in [-0.3, -0.25) is 14.5 Å². The van der Waals surface area contributed by atoms with Gasteiger partial charge in [0.1, 0.15) is 5.76 Å². The summed E-state index contributed by atoms with van der Waals surface area (Å²) in [5.74, 6) is 1.51. The Morgan fingerprint density at radius 2 is 2.03 bits per heavy atom. The average molecular weight is 468 g/mol. The number of aromatic nitrogens is 6. The van der Waals surface area contributed by atoms with Crippen molar-refractivity contribution < 1.29 is 13.8 Å². The van der Waals surface area contributed by atoms with Gasteiger partial charge in [-0.1, -0.05) is 28.8 Å². The summed E-state index contributed by atoms with van der Waals surface area (Å²) in [5.41, 5.74) is 1.49. The molecule has 0 N–H and O–H groups in total. The lowest BCUT2D eigenvalue weighted by Crippen LogP contribution is -2.44. The lowest BCUT2D eigenvalue weighted by Gasteiger charge is -2.37. The van der Waals surface area contributed by atoms with Crippen LogP contribution < -0.4 is 0 Å². The molecule has 10 nitrogen and oxygen atoms in total. The molecule has 0 bridgehead atoms. The van der Waals surface area contributed by atoms with Crippen LogP contribution in [0.15, 0.2) is 46.0 Å². The number of piperidine rings is 1. The maximum absolute atomic E-state index is 13.3. The normalized spacial score (nSPS) is 15.7. The number of likely N-dealkylation sites (tertiary alicyclic amines) is 1. The van der Waals surface area contributed by atoms with Crippen molar-refractivity contribution in [3.8, 4) is 11.5 Å². The van der Waals surface area contributed by atoms with Crippen LogP contribution in [0.1, 0.15) is 47.4 Å². The van der Waals surface area contributed by atoms with Gasteiger partial charge in [0.05, 0.1) is 23.3 Å². The van der Waals surface area contributed by atoms with Crippen LogP contribution in [0.2, 0.25) is 5.02 Å². The Kier molecular flexibility index (Phi) is 5.45. The standard InChI is InChI=1S/C22H22ClN7O3/c1-14-17(13-30-12-16(23)11-25-30)18(27-32-14)20(31)29-8-5-22(2,6-9-29)21-26-19(33-28-21)15-4-3-7-24-10-15/h3-4,7,10-12H,5-6,8-9,13H2,1-2H3. The van der Waals surface area contributed by atoms with E-state index in [1.807, 2.05) is 12.1 Å². The van der Waals surface area contributed by atoms with Gasteiger partial charge in [-0.05, 0) is 31.9 Å². The van der Waals surface area contributed by atoms with E-state index < -0.39 is 0 Å². The highest BCUT2D eigenvalue weighted by Crippen LogP contribution is 2.35. The molecule has 0 unspecified atom stereocenters. The molecule has 1 fully saturated rings. The van der Waals surface area contributed by atoms with Crippen molar-refractivity contribution in [2.45, 2.75) is 38.6 Å². The van der Waals surface area contributed by atoms with Crippen LogP contribution in [0.25, 0.3) is 11.5 Å². The number of carbonyl (C=O) groups is 1. The predicted molar refractivity (Wildman–Crippen MR) is 118 cm³/mol. The maximum Gasteiger partial charge on any atom is 0.276 e. The van der Waals surface area contributed by atoms with Crippen molar-refractivity contribution in [2.75, 3.05) is 13.1 Å². The van der Waals surface area contributed by atoms with Crippen molar-refractivity contribution in [2.24, 2.45) is 0 Å². The molecule has 4 aromatic heterocycles. The third-order valence-corrected chi connectivity index (χ3v) is 6.33. The van der Waals surface area contributed by atoms with Gasteiger partial charge < -0.3 is 13.9 Å². The molecule has 1 aliphatic rings. The maximum atomic E-state index is 13.3. The fourth-order valence-corrected chi connectivity index (χ4v) is 4.14. The minimum atomic E-state index is -0.297. The van der Waals surface area contributed by atoms with E-state index in [1.54, 1.807) is 41.3 Å². The van der Waals surface area contributed by atoms with Crippen LogP contribution in [0.5, 0.6) is 0 Å². The summed E-state index contributed by atoms with van der Waals surface area (Å²) in [7, 11) is 0. The van der Waals surface area contributed by atoms with Crippen molar-refractivity contribution in [1.29, 1.82) is 0 Å². The Bertz CT molecular complexity index is 1270. The molecular weight excluding hydrogens is 446 g/mol. The van der Waals surface area contributed by atoms with Crippen LogP contribution in [0.4, 0.5) is 0 Å². The molecule has 5 rings (SSSR count). The molecule has 0 atom stereocenters. The van der Waals surface area contributed by atoms with E-state index in [-0.39, 0.29) is 11.3 Å². The van der Waals surface area contributed by atoms with Crippen LogP contribution in [0, 0.1) is 6.92 Å². The van der Waals surface area contributed by atoms with Crippen molar-refractivity contribution in [3.63, 3.8) is 0 Å². The highest BCUT2D eigenvalue weighted by Gasteiger charge is 2.38. The summed E-state index contributed by atoms with van der Waals surface area (Å²) < 4.78 is 12.5. The van der Waals surface area contributed by atoms with E-state index >= 15 is 0 Å². The lowest BCUT2D eigenvalue weighted by molar-refractivity contribution is 0.0658. The first kappa shape index (κ1) is 21.3. The Morgan fingerprint density at radius 1 is 1.21 bits per heavy atom. The molecule has 0 aliphatic carbocycles. The topological polar surface area (TPSA) is 116 Å². The summed E-state index contributed by atoms with van der Waals surface area (Å²) in [6, 6.07) is 3.70. The molecule has 4 aromatic rings. The van der Waals surface area contributed by atoms with Crippen LogP contribution in [-0.2, 0) is 12.0 Å². The Labute approximate surface area is 194 Å². The molecule has 1 saturated heterocycles. The minimum Gasteiger partial charge on any atom is -0.361 e. The monoisotopic (exact) mass is 467 g/mol. The number of carbonyl (C=O) groups excluding carboxylic acids is 1. The molecule has 0 spiro atoms. The molecule has 33 heavy (non-hydrogen) atoms. The third-order valence-electron chi connectivity index (χ3n) is 6.14. The van der Waals surface area contributed by atoms with E-state index in [1.165, 1.54) is 0 Å². The highest BCUT2D eigenvalue weighted by atomic mass is 35.5. The largest absolute Gasteiger partial charge is 0.361 e. The molecule has 11 heteroatoms. The number of pyridine rings is 1. The lowest BCUT2D eigenvalue weighted by atomic mass is 9.79. The zero-order valence-electron chi connectivity index (χ0n) is 18.2. The van der Waals surface area contributed by atoms with E-state index in [4.69, 9.17) is 20.6 Å². The van der Waals surface area contributed by atoms with Crippen LogP contribution in [0.3, 0.4) is 0 Å². The Morgan fingerprint density at radius 3 is 2.73 bits per heavy atom. The smallest absolute Gasteiger partial charge is 0.276 e. The van der Waals surface area contributed by atoms with Crippen molar-refractivity contribution in [1.82, 2.24) is 35.0 Å². The van der Waals surface area contributed by atoms with Gasteiger partial charge in [0.25, 0.3) is 11.8 Å². The Hall–Kier alpha value is -3.53. The van der Waals surface area contributed by atoms with Crippen LogP contribution >= 0.6 is 11.6 Å². The molecule has 170 valence electrons. The average Bonchev–Trinajstić information content (AvgIpc) is 3.56. The van der Waals surface area contributed by atoms with E-state index in [2.05, 4.69) is 32.3 Å². The summed E-state index contributed by atoms with van der Waals surface area (Å²) in [6.07, 6.45) is 8.03. The number of amides is 1. The minimum absolute atomic E-state index is 0.161. The highest BCUT2D eigenvalue weighted by molar-refractivity contribution is 6.30. The van der Waals surface area contributed by atoms with E-state index in [0.29, 0.717) is 66.2 Å². The third kappa shape index (κ3) is 4.13. The first-order valence-electron chi connectivity index (χ1n) is 10.6. The van der Waals surface area contributed by atoms with Crippen molar-refractivity contribution in [3.05, 3.63) is 64.8 Å². The van der Waals surface area contributed by atoms with Gasteiger partial charge in [0, 0.05) is 42.7 Å². The van der Waals surface area contributed by atoms with Crippen molar-refractivity contribution >= 4 is 17.5 Å². The van der Waals surface area contributed by atoms with E-state index in [9.17, 15) is 4.79 Å². The van der Waals surface area contributed by atoms with Gasteiger partial charge in [0.15, 0.2) is 11.5 Å². The number of rotatable bonds is 5. The summed E-state index contributed by atoms with van der Waals surface area (Å²) >= 11 is 5.96. The van der Waals surface area contributed by atoms with E-state index in [0.717, 1.165) is 5.56 Å². The molecule has 0 radical (unpaired) electrons. The zero-order chi connectivity index (χ0) is 23.0. The number of nitrogens with zero attached hydrogens (tertiary/aromatic N) is 7. The number of hydrogen-bond donors (Lipinski definition) is 0. The molecule has 5 heterocycles. The van der Waals surface area contributed by atoms with Gasteiger partial charge in [0.2, 0.25) is 0 Å². The first-order chi connectivity index (χ1) is 15.9. The van der Waals surface area contributed by atoms with Gasteiger partial charge in [-0.2, -0.15) is 10.1 Å². The van der Waals surface area contributed by atoms with Gasteiger partial charge in [-0.15, -0.1) is 0 Å². The number of hydrogen-bond acceptors (Lipinski definition) is 8. The fraction of sp³-hybridized carbons (Fsp3) is 0.364.